The average Bonchev–Trinajstić information content (AvgIpc) is 2.67. The minimum Gasteiger partial charge on any atom is -0.466 e. The summed E-state index contributed by atoms with van der Waals surface area (Å²) in [5, 5.41) is 2.55. The third kappa shape index (κ3) is 6.33. The van der Waals surface area contributed by atoms with Crippen LogP contribution in [0.2, 0.25) is 5.02 Å². The molecule has 9 heteroatoms. The van der Waals surface area contributed by atoms with Gasteiger partial charge in [0.05, 0.1) is 18.1 Å². The summed E-state index contributed by atoms with van der Waals surface area (Å²) in [6.07, 6.45) is 0.0248. The molecule has 1 amide bonds. The van der Waals surface area contributed by atoms with Crippen LogP contribution in [0.1, 0.15) is 29.3 Å². The van der Waals surface area contributed by atoms with E-state index in [1.54, 1.807) is 31.2 Å². The van der Waals surface area contributed by atoms with Crippen molar-refractivity contribution in [2.24, 2.45) is 0 Å². The minimum absolute atomic E-state index is 0.00337. The second-order valence-corrected chi connectivity index (χ2v) is 7.91. The van der Waals surface area contributed by atoms with Gasteiger partial charge in [0.25, 0.3) is 5.91 Å². The maximum atomic E-state index is 12.6. The van der Waals surface area contributed by atoms with Crippen LogP contribution in [0.5, 0.6) is 0 Å². The molecular formula is C19H21ClN2O5S. The number of carbonyl (C=O) groups excluding carboxylic acids is 2. The van der Waals surface area contributed by atoms with Gasteiger partial charge in [-0.2, -0.15) is 0 Å². The Morgan fingerprint density at radius 2 is 1.82 bits per heavy atom. The van der Waals surface area contributed by atoms with Crippen LogP contribution in [0, 0.1) is 0 Å². The highest BCUT2D eigenvalue weighted by atomic mass is 35.5. The van der Waals surface area contributed by atoms with E-state index in [1.165, 1.54) is 18.2 Å². The number of sulfonamides is 1. The van der Waals surface area contributed by atoms with Gasteiger partial charge in [0.1, 0.15) is 4.90 Å². The largest absolute Gasteiger partial charge is 0.466 e. The monoisotopic (exact) mass is 424 g/mol. The number of nitrogens with one attached hydrogen (secondary N) is 2. The highest BCUT2D eigenvalue weighted by molar-refractivity contribution is 7.89. The summed E-state index contributed by atoms with van der Waals surface area (Å²) in [5.41, 5.74) is 0.906. The quantitative estimate of drug-likeness (QED) is 0.602. The zero-order valence-corrected chi connectivity index (χ0v) is 16.8. The van der Waals surface area contributed by atoms with Crippen molar-refractivity contribution < 1.29 is 22.7 Å². The predicted octanol–water partition coefficient (Wildman–Crippen LogP) is 2.50. The Morgan fingerprint density at radius 3 is 2.50 bits per heavy atom. The fourth-order valence-electron chi connectivity index (χ4n) is 2.32. The lowest BCUT2D eigenvalue weighted by molar-refractivity contribution is -0.142. The smallest absolute Gasteiger partial charge is 0.307 e. The Labute approximate surface area is 169 Å². The second kappa shape index (κ2) is 10.2. The van der Waals surface area contributed by atoms with Gasteiger partial charge in [-0.1, -0.05) is 41.9 Å². The Morgan fingerprint density at radius 1 is 1.11 bits per heavy atom. The lowest BCUT2D eigenvalue weighted by Gasteiger charge is -2.11. The fourth-order valence-corrected chi connectivity index (χ4v) is 3.86. The highest BCUT2D eigenvalue weighted by Gasteiger charge is 2.20. The van der Waals surface area contributed by atoms with E-state index in [9.17, 15) is 18.0 Å². The number of hydrogen-bond acceptors (Lipinski definition) is 5. The van der Waals surface area contributed by atoms with Gasteiger partial charge in [-0.3, -0.25) is 9.59 Å². The number of esters is 1. The first-order valence-corrected chi connectivity index (χ1v) is 10.5. The van der Waals surface area contributed by atoms with E-state index < -0.39 is 21.9 Å². The van der Waals surface area contributed by atoms with Gasteiger partial charge < -0.3 is 10.1 Å². The Hall–Kier alpha value is -2.42. The van der Waals surface area contributed by atoms with E-state index in [1.807, 2.05) is 6.07 Å². The van der Waals surface area contributed by atoms with Crippen molar-refractivity contribution in [2.75, 3.05) is 13.2 Å². The minimum atomic E-state index is -3.92. The van der Waals surface area contributed by atoms with Crippen LogP contribution in [0.15, 0.2) is 53.4 Å². The molecule has 0 bridgehead atoms. The topological polar surface area (TPSA) is 102 Å². The molecule has 2 aromatic carbocycles. The molecule has 0 fully saturated rings. The van der Waals surface area contributed by atoms with Crippen LogP contribution < -0.4 is 10.0 Å². The summed E-state index contributed by atoms with van der Waals surface area (Å²) in [4.78, 5) is 23.3. The molecule has 0 heterocycles. The predicted molar refractivity (Wildman–Crippen MR) is 106 cm³/mol. The van der Waals surface area contributed by atoms with Crippen LogP contribution in [0.25, 0.3) is 0 Å². The van der Waals surface area contributed by atoms with Crippen LogP contribution >= 0.6 is 11.6 Å². The normalized spacial score (nSPS) is 11.1. The van der Waals surface area contributed by atoms with Crippen molar-refractivity contribution >= 4 is 33.5 Å². The van der Waals surface area contributed by atoms with Crippen molar-refractivity contribution in [1.29, 1.82) is 0 Å². The summed E-state index contributed by atoms with van der Waals surface area (Å²) >= 11 is 6.04. The van der Waals surface area contributed by atoms with Crippen molar-refractivity contribution in [1.82, 2.24) is 10.0 Å². The standard InChI is InChI=1S/C19H21ClN2O5S/c1-2-27-18(23)10-11-21-19(24)15-8-9-16(20)17(12-15)28(25,26)22-13-14-6-4-3-5-7-14/h3-9,12,22H,2,10-11,13H2,1H3,(H,21,24). The van der Waals surface area contributed by atoms with Crippen LogP contribution in [0.3, 0.4) is 0 Å². The van der Waals surface area contributed by atoms with E-state index in [0.29, 0.717) is 0 Å². The van der Waals surface area contributed by atoms with Crippen molar-refractivity contribution in [3.05, 3.63) is 64.7 Å². The van der Waals surface area contributed by atoms with Crippen LogP contribution in [-0.2, 0) is 26.1 Å². The summed E-state index contributed by atoms with van der Waals surface area (Å²) < 4.78 is 32.4. The van der Waals surface area contributed by atoms with Crippen LogP contribution in [0.4, 0.5) is 0 Å². The molecular weight excluding hydrogens is 404 g/mol. The van der Waals surface area contributed by atoms with Gasteiger partial charge in [0.2, 0.25) is 10.0 Å². The van der Waals surface area contributed by atoms with Crippen molar-refractivity contribution in [2.45, 2.75) is 24.8 Å². The molecule has 0 radical (unpaired) electrons. The molecule has 0 atom stereocenters. The number of carbonyl (C=O) groups is 2. The third-order valence-corrected chi connectivity index (χ3v) is 5.59. The highest BCUT2D eigenvalue weighted by Crippen LogP contribution is 2.23. The number of ether oxygens (including phenoxy) is 1. The lowest BCUT2D eigenvalue weighted by atomic mass is 10.2. The number of rotatable bonds is 9. The molecule has 0 unspecified atom stereocenters. The van der Waals surface area contributed by atoms with Gasteiger partial charge in [-0.05, 0) is 30.7 Å². The molecule has 7 nitrogen and oxygen atoms in total. The van der Waals surface area contributed by atoms with Crippen molar-refractivity contribution in [3.8, 4) is 0 Å². The van der Waals surface area contributed by atoms with E-state index in [2.05, 4.69) is 10.0 Å². The molecule has 0 aromatic heterocycles. The lowest BCUT2D eigenvalue weighted by Crippen LogP contribution is -2.27. The molecule has 28 heavy (non-hydrogen) atoms. The van der Waals surface area contributed by atoms with Gasteiger partial charge in [0.15, 0.2) is 0 Å². The summed E-state index contributed by atoms with van der Waals surface area (Å²) in [5.74, 6) is -0.937. The SMILES string of the molecule is CCOC(=O)CCNC(=O)c1ccc(Cl)c(S(=O)(=O)NCc2ccccc2)c1. The Kier molecular flexibility index (Phi) is 7.98. The number of hydrogen-bond donors (Lipinski definition) is 2. The molecule has 150 valence electrons. The Balaban J connectivity index is 2.06. The molecule has 0 spiro atoms. The molecule has 0 aliphatic heterocycles. The second-order valence-electron chi connectivity index (χ2n) is 5.77. The van der Waals surface area contributed by atoms with E-state index >= 15 is 0 Å². The molecule has 0 saturated carbocycles. The first-order valence-electron chi connectivity index (χ1n) is 8.60. The molecule has 0 aliphatic rings. The third-order valence-electron chi connectivity index (χ3n) is 3.71. The first-order chi connectivity index (χ1) is 13.3. The summed E-state index contributed by atoms with van der Waals surface area (Å²) in [6.45, 7) is 2.13. The zero-order valence-electron chi connectivity index (χ0n) is 15.3. The number of halogens is 1. The zero-order chi connectivity index (χ0) is 20.6. The van der Waals surface area contributed by atoms with Gasteiger partial charge in [0, 0.05) is 18.7 Å². The van der Waals surface area contributed by atoms with Crippen molar-refractivity contribution in [3.63, 3.8) is 0 Å². The molecule has 0 saturated heterocycles. The molecule has 0 aliphatic carbocycles. The summed E-state index contributed by atoms with van der Waals surface area (Å²) in [6, 6.07) is 13.0. The molecule has 2 aromatic rings. The van der Waals surface area contributed by atoms with E-state index in [0.717, 1.165) is 5.56 Å². The summed E-state index contributed by atoms with van der Waals surface area (Å²) in [7, 11) is -3.92. The Bertz CT molecular complexity index is 933. The van der Waals surface area contributed by atoms with Gasteiger partial charge >= 0.3 is 5.97 Å². The van der Waals surface area contributed by atoms with Crippen LogP contribution in [-0.4, -0.2) is 33.4 Å². The fraction of sp³-hybridized carbons (Fsp3) is 0.263. The van der Waals surface area contributed by atoms with Gasteiger partial charge in [-0.15, -0.1) is 0 Å². The van der Waals surface area contributed by atoms with E-state index in [4.69, 9.17) is 16.3 Å². The van der Waals surface area contributed by atoms with E-state index in [-0.39, 0.29) is 41.6 Å². The maximum absolute atomic E-state index is 12.6. The average molecular weight is 425 g/mol. The first kappa shape index (κ1) is 21.9. The molecule has 2 rings (SSSR count). The van der Waals surface area contributed by atoms with Gasteiger partial charge in [-0.25, -0.2) is 13.1 Å². The number of benzene rings is 2. The maximum Gasteiger partial charge on any atom is 0.307 e. The molecule has 2 N–H and O–H groups in total. The number of amides is 1.